The molecule has 0 aromatic heterocycles. The Morgan fingerprint density at radius 1 is 0.765 bits per heavy atom. The Morgan fingerprint density at radius 2 is 1.15 bits per heavy atom. The van der Waals surface area contributed by atoms with Crippen LogP contribution in [0.1, 0.15) is 0 Å². The number of hydrogen-bond acceptors (Lipinski definition) is 8. The molecule has 0 spiro atoms. The van der Waals surface area contributed by atoms with Crippen molar-refractivity contribution in [2.24, 2.45) is 0 Å². The Kier molecular flexibility index (Phi) is 12.3. The van der Waals surface area contributed by atoms with Gasteiger partial charge in [-0.1, -0.05) is 6.55 Å². The minimum atomic E-state index is -2.73. The zero-order valence-electron chi connectivity index (χ0n) is 23.7. The van der Waals surface area contributed by atoms with E-state index in [1.807, 2.05) is 0 Å². The van der Waals surface area contributed by atoms with Crippen LogP contribution in [0.3, 0.4) is 0 Å². The molecule has 202 valence electrons. The van der Waals surface area contributed by atoms with Crippen molar-refractivity contribution in [1.29, 1.82) is 0 Å². The molecule has 1 atom stereocenters. The molecule has 1 rings (SSSR count). The molecule has 0 aromatic carbocycles. The predicted molar refractivity (Wildman–Crippen MR) is 155 cm³/mol. The first-order valence-electron chi connectivity index (χ1n) is 12.1. The monoisotopic (exact) mass is 602 g/mol. The van der Waals surface area contributed by atoms with Crippen LogP contribution in [0.25, 0.3) is 0 Å². The second-order valence-electron chi connectivity index (χ2n) is 11.1. The molecule has 1 aliphatic rings. The van der Waals surface area contributed by atoms with E-state index in [2.05, 4.69) is 71.2 Å². The van der Waals surface area contributed by atoms with Crippen LogP contribution >= 0.6 is 0 Å². The van der Waals surface area contributed by atoms with Crippen molar-refractivity contribution in [3.8, 4) is 0 Å². The molecule has 0 saturated carbocycles. The Hall–Kier alpha value is 0.938. The van der Waals surface area contributed by atoms with Gasteiger partial charge in [-0.15, -0.1) is 12.3 Å². The van der Waals surface area contributed by atoms with Crippen LogP contribution in [0.5, 0.6) is 0 Å². The zero-order chi connectivity index (χ0) is 26.5. The molecule has 0 amide bonds. The molecule has 0 bridgehead atoms. The number of hydrogen-bond donors (Lipinski definition) is 0. The fraction of sp³-hybridized carbons (Fsp3) is 0.895. The van der Waals surface area contributed by atoms with E-state index in [4.69, 9.17) is 34.2 Å². The van der Waals surface area contributed by atoms with Crippen LogP contribution in [-0.4, -0.2) is 87.7 Å². The molecular weight excluding hydrogens is 553 g/mol. The molecule has 1 fully saturated rings. The van der Waals surface area contributed by atoms with Crippen LogP contribution < -0.4 is 0 Å². The van der Waals surface area contributed by atoms with E-state index in [1.54, 1.807) is 21.3 Å². The Bertz CT molecular complexity index is 632. The summed E-state index contributed by atoms with van der Waals surface area (Å²) in [6.07, 6.45) is 0.856. The molecule has 1 unspecified atom stereocenters. The Labute approximate surface area is 216 Å². The van der Waals surface area contributed by atoms with Gasteiger partial charge in [0.25, 0.3) is 0 Å². The van der Waals surface area contributed by atoms with Crippen LogP contribution in [0.4, 0.5) is 0 Å². The summed E-state index contributed by atoms with van der Waals surface area (Å²) in [4.78, 5) is 0. The molecule has 8 nitrogen and oxygen atoms in total. The molecule has 34 heavy (non-hydrogen) atoms. The van der Waals surface area contributed by atoms with Gasteiger partial charge in [-0.3, -0.25) is 0 Å². The first-order valence-corrected chi connectivity index (χ1v) is 30.5. The summed E-state index contributed by atoms with van der Waals surface area (Å²) < 4.78 is 50.6. The smallest absolute Gasteiger partial charge is 0.420 e. The van der Waals surface area contributed by atoms with E-state index >= 15 is 0 Å². The van der Waals surface area contributed by atoms with E-state index in [0.717, 1.165) is 18.3 Å². The van der Waals surface area contributed by atoms with Gasteiger partial charge in [0.15, 0.2) is 8.32 Å². The average molecular weight is 603 g/mol. The third-order valence-corrected chi connectivity index (χ3v) is 31.0. The second-order valence-corrected chi connectivity index (χ2v) is 35.6. The van der Waals surface area contributed by atoms with Crippen LogP contribution in [-0.2, 0) is 34.2 Å². The van der Waals surface area contributed by atoms with Crippen LogP contribution in [0.2, 0.25) is 83.1 Å². The highest BCUT2D eigenvalue weighted by atomic mass is 28.5. The van der Waals surface area contributed by atoms with Crippen molar-refractivity contribution < 1.29 is 34.2 Å². The van der Waals surface area contributed by atoms with E-state index in [9.17, 15) is 0 Å². The third-order valence-electron chi connectivity index (χ3n) is 5.99. The Morgan fingerprint density at radius 3 is 1.50 bits per heavy atom. The Balaban J connectivity index is 3.00. The molecule has 0 aromatic rings. The van der Waals surface area contributed by atoms with Crippen LogP contribution in [0, 0.1) is 0 Å². The molecular formula is C19H50O8Si7. The van der Waals surface area contributed by atoms with Gasteiger partial charge in [-0.25, -0.2) is 0 Å². The molecule has 1 heterocycles. The molecule has 0 radical (unpaired) electrons. The normalized spacial score (nSPS) is 28.7. The van der Waals surface area contributed by atoms with E-state index in [1.165, 1.54) is 0 Å². The standard InChI is InChI=1S/C19H50O8Si7/c1-14-28(5)19-23-29(6,7)15-16-32(12)24-30(8,9)26-33(13,27-31(10,11)25-32)17-18-34(20-2,21-3)22-4/h14,28H,1,15-19H2,2-13H3. The summed E-state index contributed by atoms with van der Waals surface area (Å²) in [5.74, 6) is 0. The number of rotatable bonds is 13. The molecule has 0 N–H and O–H groups in total. The highest BCUT2D eigenvalue weighted by Gasteiger charge is 2.55. The average Bonchev–Trinajstić information content (AvgIpc) is 2.69. The largest absolute Gasteiger partial charge is 0.500 e. The summed E-state index contributed by atoms with van der Waals surface area (Å²) in [5, 5.41) is 0. The molecule has 1 aliphatic heterocycles. The van der Waals surface area contributed by atoms with E-state index in [0.29, 0.717) is 12.1 Å². The van der Waals surface area contributed by atoms with Gasteiger partial charge in [0.1, 0.15) is 0 Å². The van der Waals surface area contributed by atoms with Crippen molar-refractivity contribution in [2.45, 2.75) is 83.1 Å². The summed E-state index contributed by atoms with van der Waals surface area (Å²) >= 11 is 0. The molecule has 1 saturated heterocycles. The van der Waals surface area contributed by atoms with E-state index < -0.39 is 60.2 Å². The van der Waals surface area contributed by atoms with E-state index in [-0.39, 0.29) is 0 Å². The van der Waals surface area contributed by atoms with Gasteiger partial charge in [-0.05, 0) is 70.5 Å². The molecule has 0 aliphatic carbocycles. The van der Waals surface area contributed by atoms with Gasteiger partial charge in [0, 0.05) is 33.6 Å². The minimum Gasteiger partial charge on any atom is -0.420 e. The lowest BCUT2D eigenvalue weighted by atomic mass is 10.9. The second kappa shape index (κ2) is 12.7. The van der Waals surface area contributed by atoms with Crippen molar-refractivity contribution >= 4 is 60.2 Å². The lowest BCUT2D eigenvalue weighted by Gasteiger charge is -2.49. The summed E-state index contributed by atoms with van der Waals surface area (Å²) in [7, 11) is -10.8. The fourth-order valence-electron chi connectivity index (χ4n) is 4.33. The highest BCUT2D eigenvalue weighted by Crippen LogP contribution is 2.37. The van der Waals surface area contributed by atoms with Gasteiger partial charge in [-0.2, -0.15) is 0 Å². The maximum Gasteiger partial charge on any atom is 0.500 e. The van der Waals surface area contributed by atoms with Crippen molar-refractivity contribution in [2.75, 3.05) is 27.6 Å². The quantitative estimate of drug-likeness (QED) is 0.278. The fourth-order valence-corrected chi connectivity index (χ4v) is 36.3. The highest BCUT2D eigenvalue weighted by molar-refractivity contribution is 6.94. The maximum absolute atomic E-state index is 6.85. The first kappa shape index (κ1) is 33.0. The lowest BCUT2D eigenvalue weighted by molar-refractivity contribution is 0.124. The van der Waals surface area contributed by atoms with Crippen molar-refractivity contribution in [3.63, 3.8) is 0 Å². The van der Waals surface area contributed by atoms with Crippen molar-refractivity contribution in [3.05, 3.63) is 12.3 Å². The topological polar surface area (TPSA) is 73.8 Å². The maximum atomic E-state index is 6.85. The van der Waals surface area contributed by atoms with Gasteiger partial charge in [0.05, 0.1) is 8.80 Å². The van der Waals surface area contributed by atoms with Crippen molar-refractivity contribution in [1.82, 2.24) is 0 Å². The van der Waals surface area contributed by atoms with Gasteiger partial charge >= 0.3 is 43.0 Å². The third kappa shape index (κ3) is 10.7. The van der Waals surface area contributed by atoms with Gasteiger partial charge < -0.3 is 34.2 Å². The summed E-state index contributed by atoms with van der Waals surface area (Å²) in [5.41, 5.74) is 2.08. The molecule has 15 heteroatoms. The SMILES string of the molecule is C=C[SiH](C)CO[Si](C)(C)CC[Si]1(C)O[Si](C)(C)O[Si](C)(CC[Si](OC)(OC)OC)O[Si](C)(C)O1. The zero-order valence-corrected chi connectivity index (χ0v) is 30.8. The summed E-state index contributed by atoms with van der Waals surface area (Å²) in [6, 6.07) is 3.22. The predicted octanol–water partition coefficient (Wildman–Crippen LogP) is 4.84. The minimum absolute atomic E-state index is 0.631. The first-order chi connectivity index (χ1) is 15.4. The van der Waals surface area contributed by atoms with Crippen LogP contribution in [0.15, 0.2) is 12.3 Å². The van der Waals surface area contributed by atoms with Gasteiger partial charge in [0.2, 0.25) is 0 Å². The summed E-state index contributed by atoms with van der Waals surface area (Å²) in [6.45, 7) is 23.5. The lowest BCUT2D eigenvalue weighted by Crippen LogP contribution is -2.66.